The van der Waals surface area contributed by atoms with Crippen LogP contribution in [0.1, 0.15) is 44.9 Å². The molecule has 0 bridgehead atoms. The zero-order chi connectivity index (χ0) is 13.6. The summed E-state index contributed by atoms with van der Waals surface area (Å²) in [7, 11) is 0. The van der Waals surface area contributed by atoms with Gasteiger partial charge in [-0.05, 0) is 25.0 Å². The molecule has 0 aromatic heterocycles. The molecule has 0 saturated carbocycles. The van der Waals surface area contributed by atoms with Crippen LogP contribution >= 0.6 is 11.8 Å². The van der Waals surface area contributed by atoms with E-state index in [1.807, 2.05) is 23.9 Å². The fraction of sp³-hybridized carbons (Fsp3) is 0.438. The molecule has 98 valence electrons. The van der Waals surface area contributed by atoms with Crippen LogP contribution < -0.4 is 0 Å². The van der Waals surface area contributed by atoms with Crippen molar-refractivity contribution in [3.8, 4) is 0 Å². The van der Waals surface area contributed by atoms with Gasteiger partial charge in [-0.2, -0.15) is 0 Å². The highest BCUT2D eigenvalue weighted by atomic mass is 32.2. The molecule has 0 fully saturated rings. The molecule has 1 aromatic carbocycles. The molecule has 1 rings (SSSR count). The highest BCUT2D eigenvalue weighted by Crippen LogP contribution is 2.40. The fourth-order valence-corrected chi connectivity index (χ4v) is 3.06. The monoisotopic (exact) mass is 262 g/mol. The molecule has 0 radical (unpaired) electrons. The topological polar surface area (TPSA) is 17.1 Å². The van der Waals surface area contributed by atoms with Gasteiger partial charge in [-0.3, -0.25) is 4.79 Å². The van der Waals surface area contributed by atoms with E-state index in [2.05, 4.69) is 45.0 Å². The summed E-state index contributed by atoms with van der Waals surface area (Å²) in [5.74, 6) is 0.113. The third-order valence-electron chi connectivity index (χ3n) is 2.37. The van der Waals surface area contributed by atoms with Gasteiger partial charge in [0.25, 0.3) is 0 Å². The minimum absolute atomic E-state index is 0.113. The summed E-state index contributed by atoms with van der Waals surface area (Å²) in [6.07, 6.45) is 4.55. The predicted octanol–water partition coefficient (Wildman–Crippen LogP) is 4.79. The minimum atomic E-state index is 0.113. The summed E-state index contributed by atoms with van der Waals surface area (Å²) < 4.78 is 0.213. The quantitative estimate of drug-likeness (QED) is 0.709. The molecular weight excluding hydrogens is 240 g/mol. The lowest BCUT2D eigenvalue weighted by molar-refractivity contribution is -0.112. The Bertz CT molecular complexity index is 401. The van der Waals surface area contributed by atoms with E-state index in [1.165, 1.54) is 5.56 Å². The zero-order valence-electron chi connectivity index (χ0n) is 11.6. The van der Waals surface area contributed by atoms with E-state index in [-0.39, 0.29) is 10.5 Å². The van der Waals surface area contributed by atoms with Crippen LogP contribution in [-0.4, -0.2) is 10.5 Å². The first-order valence-electron chi connectivity index (χ1n) is 6.28. The van der Waals surface area contributed by atoms with Crippen molar-refractivity contribution < 1.29 is 4.79 Å². The molecule has 0 saturated heterocycles. The van der Waals surface area contributed by atoms with Crippen molar-refractivity contribution in [3.63, 3.8) is 0 Å². The molecule has 0 aliphatic rings. The van der Waals surface area contributed by atoms with Gasteiger partial charge in [-0.1, -0.05) is 57.2 Å². The predicted molar refractivity (Wildman–Crippen MR) is 81.0 cm³/mol. The summed E-state index contributed by atoms with van der Waals surface area (Å²) in [6.45, 7) is 8.26. The Hall–Kier alpha value is -1.02. The second kappa shape index (κ2) is 6.79. The van der Waals surface area contributed by atoms with Crippen LogP contribution in [0.25, 0.3) is 0 Å². The molecule has 1 atom stereocenters. The largest absolute Gasteiger partial charge is 0.295 e. The van der Waals surface area contributed by atoms with E-state index in [9.17, 15) is 4.79 Å². The average molecular weight is 262 g/mol. The number of hydrogen-bond acceptors (Lipinski definition) is 2. The van der Waals surface area contributed by atoms with Crippen molar-refractivity contribution in [2.45, 2.75) is 44.1 Å². The van der Waals surface area contributed by atoms with E-state index in [0.29, 0.717) is 5.25 Å². The van der Waals surface area contributed by atoms with Gasteiger partial charge in [0.15, 0.2) is 5.78 Å². The Morgan fingerprint density at radius 2 is 1.89 bits per heavy atom. The normalized spacial score (nSPS) is 13.8. The first-order valence-corrected chi connectivity index (χ1v) is 7.16. The van der Waals surface area contributed by atoms with E-state index < -0.39 is 0 Å². The van der Waals surface area contributed by atoms with Gasteiger partial charge in [0.05, 0.1) is 0 Å². The van der Waals surface area contributed by atoms with Crippen molar-refractivity contribution in [2.24, 2.45) is 0 Å². The molecule has 0 N–H and O–H groups in total. The van der Waals surface area contributed by atoms with Gasteiger partial charge in [0.1, 0.15) is 0 Å². The zero-order valence-corrected chi connectivity index (χ0v) is 12.5. The lowest BCUT2D eigenvalue weighted by Gasteiger charge is -2.25. The van der Waals surface area contributed by atoms with Crippen LogP contribution in [0, 0.1) is 0 Å². The van der Waals surface area contributed by atoms with E-state index in [1.54, 1.807) is 13.0 Å². The Labute approximate surface area is 115 Å². The molecule has 18 heavy (non-hydrogen) atoms. The summed E-state index contributed by atoms with van der Waals surface area (Å²) in [5.41, 5.74) is 1.32. The number of rotatable bonds is 5. The minimum Gasteiger partial charge on any atom is -0.295 e. The van der Waals surface area contributed by atoms with E-state index in [4.69, 9.17) is 0 Å². The number of thioether (sulfide) groups is 1. The van der Waals surface area contributed by atoms with Gasteiger partial charge in [-0.25, -0.2) is 0 Å². The molecule has 1 aromatic rings. The molecule has 0 amide bonds. The summed E-state index contributed by atoms with van der Waals surface area (Å²) in [5, 5.41) is 0.404. The lowest BCUT2D eigenvalue weighted by Crippen LogP contribution is -2.11. The van der Waals surface area contributed by atoms with Crippen LogP contribution in [0.4, 0.5) is 0 Å². The molecule has 0 spiro atoms. The first-order chi connectivity index (χ1) is 8.38. The van der Waals surface area contributed by atoms with Crippen molar-refractivity contribution in [1.29, 1.82) is 0 Å². The van der Waals surface area contributed by atoms with Crippen molar-refractivity contribution in [3.05, 3.63) is 48.0 Å². The Morgan fingerprint density at radius 1 is 1.28 bits per heavy atom. The maximum absolute atomic E-state index is 11.0. The highest BCUT2D eigenvalue weighted by molar-refractivity contribution is 8.00. The summed E-state index contributed by atoms with van der Waals surface area (Å²) >= 11 is 1.94. The van der Waals surface area contributed by atoms with Crippen LogP contribution in [-0.2, 0) is 4.79 Å². The summed E-state index contributed by atoms with van der Waals surface area (Å²) in [6, 6.07) is 10.5. The molecule has 2 heteroatoms. The van der Waals surface area contributed by atoms with Crippen molar-refractivity contribution in [1.82, 2.24) is 0 Å². The van der Waals surface area contributed by atoms with E-state index >= 15 is 0 Å². The number of carbonyl (C=O) groups is 1. The molecule has 0 aliphatic heterocycles. The first kappa shape index (κ1) is 15.0. The number of carbonyl (C=O) groups excluding carboxylic acids is 1. The van der Waals surface area contributed by atoms with Crippen LogP contribution in [0.15, 0.2) is 42.5 Å². The SMILES string of the molecule is CC(=O)/C=C/C[C@@H](SC(C)(C)C)c1ccccc1. The van der Waals surface area contributed by atoms with Crippen molar-refractivity contribution in [2.75, 3.05) is 0 Å². The Balaban J connectivity index is 2.79. The number of benzene rings is 1. The third kappa shape index (κ3) is 6.06. The highest BCUT2D eigenvalue weighted by Gasteiger charge is 2.19. The maximum Gasteiger partial charge on any atom is 0.152 e. The van der Waals surface area contributed by atoms with Crippen molar-refractivity contribution >= 4 is 17.5 Å². The lowest BCUT2D eigenvalue weighted by atomic mass is 10.1. The third-order valence-corrected chi connectivity index (χ3v) is 3.83. The molecule has 0 heterocycles. The van der Waals surface area contributed by atoms with Gasteiger partial charge in [-0.15, -0.1) is 11.8 Å². The van der Waals surface area contributed by atoms with Gasteiger partial charge >= 0.3 is 0 Å². The second-order valence-electron chi connectivity index (χ2n) is 5.38. The number of hydrogen-bond donors (Lipinski definition) is 0. The fourth-order valence-electron chi connectivity index (χ4n) is 1.70. The second-order valence-corrected chi connectivity index (χ2v) is 7.41. The molecular formula is C16H22OS. The maximum atomic E-state index is 11.0. The van der Waals surface area contributed by atoms with Crippen LogP contribution in [0.2, 0.25) is 0 Å². The number of ketones is 1. The van der Waals surface area contributed by atoms with Crippen LogP contribution in [0.5, 0.6) is 0 Å². The Morgan fingerprint density at radius 3 is 2.39 bits per heavy atom. The summed E-state index contributed by atoms with van der Waals surface area (Å²) in [4.78, 5) is 11.0. The van der Waals surface area contributed by atoms with Gasteiger partial charge in [0, 0.05) is 10.00 Å². The smallest absolute Gasteiger partial charge is 0.152 e. The number of allylic oxidation sites excluding steroid dienone is 2. The molecule has 0 aliphatic carbocycles. The Kier molecular flexibility index (Phi) is 5.67. The molecule has 1 nitrogen and oxygen atoms in total. The average Bonchev–Trinajstić information content (AvgIpc) is 2.27. The van der Waals surface area contributed by atoms with Gasteiger partial charge < -0.3 is 0 Å². The standard InChI is InChI=1S/C16H22OS/c1-13(17)9-8-12-15(18-16(2,3)4)14-10-6-5-7-11-14/h5-11,15H,12H2,1-4H3/b9-8+/t15-/m1/s1. The van der Waals surface area contributed by atoms with Crippen LogP contribution in [0.3, 0.4) is 0 Å². The van der Waals surface area contributed by atoms with Gasteiger partial charge in [0.2, 0.25) is 0 Å². The molecule has 0 unspecified atom stereocenters. The van der Waals surface area contributed by atoms with E-state index in [0.717, 1.165) is 6.42 Å².